The third-order valence-corrected chi connectivity index (χ3v) is 7.41. The molecular weight excluding hydrogens is 473 g/mol. The fraction of sp³-hybridized carbons (Fsp3) is 0.207. The highest BCUT2D eigenvalue weighted by atomic mass is 32.2. The molecule has 0 bridgehead atoms. The average molecular weight is 500 g/mol. The zero-order chi connectivity index (χ0) is 25.1. The minimum atomic E-state index is -0.377. The minimum Gasteiger partial charge on any atom is -0.339 e. The largest absolute Gasteiger partial charge is 0.339 e. The van der Waals surface area contributed by atoms with E-state index in [-0.39, 0.29) is 17.3 Å². The van der Waals surface area contributed by atoms with Crippen LogP contribution in [0.3, 0.4) is 0 Å². The molecule has 0 spiro atoms. The summed E-state index contributed by atoms with van der Waals surface area (Å²) >= 11 is 1.42. The van der Waals surface area contributed by atoms with Crippen LogP contribution in [0.2, 0.25) is 0 Å². The van der Waals surface area contributed by atoms with Gasteiger partial charge in [0.05, 0.1) is 16.6 Å². The molecule has 5 rings (SSSR count). The SMILES string of the molecule is C=Cc1ccc(CSc2nc3cc(C(=O)N4CCCCC4)ccc3c(=O)n2-c2ccc(F)cc2)cc1. The van der Waals surface area contributed by atoms with Gasteiger partial charge in [-0.3, -0.25) is 14.2 Å². The number of benzene rings is 3. The van der Waals surface area contributed by atoms with Gasteiger partial charge in [0.2, 0.25) is 0 Å². The third-order valence-electron chi connectivity index (χ3n) is 6.40. The van der Waals surface area contributed by atoms with Crippen molar-refractivity contribution in [1.29, 1.82) is 0 Å². The molecule has 1 fully saturated rings. The number of thioether (sulfide) groups is 1. The summed E-state index contributed by atoms with van der Waals surface area (Å²) in [5, 5.41) is 0.892. The van der Waals surface area contributed by atoms with Gasteiger partial charge < -0.3 is 4.90 Å². The summed E-state index contributed by atoms with van der Waals surface area (Å²) in [5.74, 6) is 0.179. The summed E-state index contributed by atoms with van der Waals surface area (Å²) in [7, 11) is 0. The Morgan fingerprint density at radius 2 is 1.72 bits per heavy atom. The van der Waals surface area contributed by atoms with Crippen LogP contribution in [0.4, 0.5) is 4.39 Å². The van der Waals surface area contributed by atoms with Gasteiger partial charge in [0.1, 0.15) is 5.82 Å². The maximum atomic E-state index is 13.6. The predicted molar refractivity (Wildman–Crippen MR) is 143 cm³/mol. The van der Waals surface area contributed by atoms with Crippen LogP contribution in [-0.2, 0) is 5.75 Å². The van der Waals surface area contributed by atoms with Crippen molar-refractivity contribution in [3.8, 4) is 5.69 Å². The molecule has 0 atom stereocenters. The summed E-state index contributed by atoms with van der Waals surface area (Å²) in [6.45, 7) is 5.29. The normalized spacial score (nSPS) is 13.6. The lowest BCUT2D eigenvalue weighted by Crippen LogP contribution is -2.35. The summed E-state index contributed by atoms with van der Waals surface area (Å²) in [4.78, 5) is 33.4. The molecule has 4 aromatic rings. The highest BCUT2D eigenvalue weighted by Gasteiger charge is 2.20. The number of aromatic nitrogens is 2. The van der Waals surface area contributed by atoms with Crippen molar-refractivity contribution in [3.63, 3.8) is 0 Å². The first-order chi connectivity index (χ1) is 17.5. The lowest BCUT2D eigenvalue weighted by atomic mass is 10.1. The highest BCUT2D eigenvalue weighted by Crippen LogP contribution is 2.26. The van der Waals surface area contributed by atoms with Crippen LogP contribution in [0.5, 0.6) is 0 Å². The number of nitrogens with zero attached hydrogens (tertiary/aromatic N) is 3. The fourth-order valence-electron chi connectivity index (χ4n) is 4.39. The number of amides is 1. The van der Waals surface area contributed by atoms with Crippen molar-refractivity contribution >= 4 is 34.6 Å². The second-order valence-electron chi connectivity index (χ2n) is 8.83. The number of carbonyl (C=O) groups is 1. The number of hydrogen-bond acceptors (Lipinski definition) is 4. The first-order valence-corrected chi connectivity index (χ1v) is 13.0. The standard InChI is InChI=1S/C29H26FN3O2S/c1-2-20-6-8-21(9-7-20)19-36-29-31-26-18-22(27(34)32-16-4-3-5-17-32)10-15-25(26)28(35)33(29)24-13-11-23(30)12-14-24/h2,6-15,18H,1,3-5,16-17,19H2. The predicted octanol–water partition coefficient (Wildman–Crippen LogP) is 6.09. The zero-order valence-corrected chi connectivity index (χ0v) is 20.6. The van der Waals surface area contributed by atoms with Crippen LogP contribution in [0, 0.1) is 5.82 Å². The molecule has 2 heterocycles. The molecule has 5 nitrogen and oxygen atoms in total. The van der Waals surface area contributed by atoms with E-state index in [0.717, 1.165) is 43.5 Å². The molecule has 3 aromatic carbocycles. The smallest absolute Gasteiger partial charge is 0.266 e. The Balaban J connectivity index is 1.56. The van der Waals surface area contributed by atoms with E-state index in [1.165, 1.54) is 28.5 Å². The Kier molecular flexibility index (Phi) is 7.00. The molecule has 1 aliphatic heterocycles. The van der Waals surface area contributed by atoms with Crippen LogP contribution >= 0.6 is 11.8 Å². The summed E-state index contributed by atoms with van der Waals surface area (Å²) in [5.41, 5.74) is 3.39. The molecule has 7 heteroatoms. The minimum absolute atomic E-state index is 0.0300. The van der Waals surface area contributed by atoms with E-state index in [1.807, 2.05) is 29.2 Å². The van der Waals surface area contributed by atoms with Crippen LogP contribution in [-0.4, -0.2) is 33.4 Å². The van der Waals surface area contributed by atoms with E-state index in [9.17, 15) is 14.0 Å². The average Bonchev–Trinajstić information content (AvgIpc) is 2.92. The zero-order valence-electron chi connectivity index (χ0n) is 19.8. The molecule has 1 saturated heterocycles. The number of likely N-dealkylation sites (tertiary alicyclic amines) is 1. The molecule has 0 saturated carbocycles. The summed E-state index contributed by atoms with van der Waals surface area (Å²) < 4.78 is 15.1. The van der Waals surface area contributed by atoms with Gasteiger partial charge in [-0.15, -0.1) is 0 Å². The molecule has 1 aliphatic rings. The molecule has 0 N–H and O–H groups in total. The van der Waals surface area contributed by atoms with Crippen molar-refractivity contribution < 1.29 is 9.18 Å². The van der Waals surface area contributed by atoms with Gasteiger partial charge in [0.25, 0.3) is 11.5 Å². The van der Waals surface area contributed by atoms with E-state index in [0.29, 0.717) is 33.1 Å². The molecular formula is C29H26FN3O2S. The van der Waals surface area contributed by atoms with Gasteiger partial charge in [-0.1, -0.05) is 48.7 Å². The molecule has 0 aliphatic carbocycles. The quantitative estimate of drug-likeness (QED) is 0.238. The van der Waals surface area contributed by atoms with Gasteiger partial charge in [-0.05, 0) is 72.9 Å². The van der Waals surface area contributed by atoms with E-state index >= 15 is 0 Å². The molecule has 1 amide bonds. The highest BCUT2D eigenvalue weighted by molar-refractivity contribution is 7.98. The van der Waals surface area contributed by atoms with E-state index < -0.39 is 0 Å². The number of halogens is 1. The van der Waals surface area contributed by atoms with Gasteiger partial charge in [-0.2, -0.15) is 0 Å². The van der Waals surface area contributed by atoms with Crippen LogP contribution in [0.25, 0.3) is 22.7 Å². The topological polar surface area (TPSA) is 55.2 Å². The Labute approximate surface area is 213 Å². The van der Waals surface area contributed by atoms with E-state index in [1.54, 1.807) is 36.4 Å². The Morgan fingerprint density at radius 1 is 1.00 bits per heavy atom. The van der Waals surface area contributed by atoms with E-state index in [4.69, 9.17) is 4.98 Å². The van der Waals surface area contributed by atoms with Crippen LogP contribution < -0.4 is 5.56 Å². The molecule has 182 valence electrons. The van der Waals surface area contributed by atoms with Crippen LogP contribution in [0.1, 0.15) is 40.7 Å². The molecule has 0 unspecified atom stereocenters. The third kappa shape index (κ3) is 4.97. The number of piperidine rings is 1. The number of fused-ring (bicyclic) bond motifs is 1. The molecule has 0 radical (unpaired) electrons. The van der Waals surface area contributed by atoms with Crippen molar-refractivity contribution in [1.82, 2.24) is 14.5 Å². The second kappa shape index (κ2) is 10.5. The van der Waals surface area contributed by atoms with Gasteiger partial charge in [-0.25, -0.2) is 9.37 Å². The van der Waals surface area contributed by atoms with Crippen molar-refractivity contribution in [2.45, 2.75) is 30.2 Å². The lowest BCUT2D eigenvalue weighted by molar-refractivity contribution is 0.0724. The van der Waals surface area contributed by atoms with Crippen molar-refractivity contribution in [2.75, 3.05) is 13.1 Å². The second-order valence-corrected chi connectivity index (χ2v) is 9.77. The first-order valence-electron chi connectivity index (χ1n) is 12.0. The summed E-state index contributed by atoms with van der Waals surface area (Å²) in [6.07, 6.45) is 4.95. The van der Waals surface area contributed by atoms with Gasteiger partial charge >= 0.3 is 0 Å². The fourth-order valence-corrected chi connectivity index (χ4v) is 5.36. The Hall–Kier alpha value is -3.71. The number of rotatable bonds is 6. The van der Waals surface area contributed by atoms with E-state index in [2.05, 4.69) is 6.58 Å². The van der Waals surface area contributed by atoms with Gasteiger partial charge in [0, 0.05) is 24.4 Å². The van der Waals surface area contributed by atoms with Crippen molar-refractivity contribution in [2.24, 2.45) is 0 Å². The van der Waals surface area contributed by atoms with Gasteiger partial charge in [0.15, 0.2) is 5.16 Å². The number of carbonyl (C=O) groups excluding carboxylic acids is 1. The Bertz CT molecular complexity index is 1470. The number of hydrogen-bond donors (Lipinski definition) is 0. The maximum Gasteiger partial charge on any atom is 0.266 e. The van der Waals surface area contributed by atoms with Crippen molar-refractivity contribution in [3.05, 3.63) is 106 Å². The monoisotopic (exact) mass is 499 g/mol. The Morgan fingerprint density at radius 3 is 2.42 bits per heavy atom. The molecule has 1 aromatic heterocycles. The van der Waals surface area contributed by atoms with Crippen LogP contribution in [0.15, 0.2) is 83.3 Å². The summed E-state index contributed by atoms with van der Waals surface area (Å²) in [6, 6.07) is 18.9. The first kappa shape index (κ1) is 24.0. The lowest BCUT2D eigenvalue weighted by Gasteiger charge is -2.26. The maximum absolute atomic E-state index is 13.6. The molecule has 36 heavy (non-hydrogen) atoms.